The molecular formula is C25H21N3O5S2. The third kappa shape index (κ3) is 4.95. The summed E-state index contributed by atoms with van der Waals surface area (Å²) in [6, 6.07) is 18.1. The summed E-state index contributed by atoms with van der Waals surface area (Å²) in [5, 5.41) is 10.6. The molecule has 2 aliphatic rings. The van der Waals surface area contributed by atoms with Crippen molar-refractivity contribution in [1.29, 1.82) is 0 Å². The van der Waals surface area contributed by atoms with Crippen LogP contribution in [-0.2, 0) is 9.53 Å². The number of amides is 1. The molecule has 2 fully saturated rings. The Morgan fingerprint density at radius 1 is 1.06 bits per heavy atom. The average molecular weight is 508 g/mol. The molecular weight excluding hydrogens is 486 g/mol. The van der Waals surface area contributed by atoms with Crippen LogP contribution in [0.1, 0.15) is 16.1 Å². The highest BCUT2D eigenvalue weighted by molar-refractivity contribution is 8.26. The summed E-state index contributed by atoms with van der Waals surface area (Å²) in [6.07, 6.45) is 1.63. The van der Waals surface area contributed by atoms with Gasteiger partial charge >= 0.3 is 5.97 Å². The maximum absolute atomic E-state index is 13.0. The van der Waals surface area contributed by atoms with Crippen molar-refractivity contribution in [2.75, 3.05) is 36.6 Å². The lowest BCUT2D eigenvalue weighted by Crippen LogP contribution is -2.36. The topological polar surface area (TPSA) is 95.2 Å². The predicted octanol–water partition coefficient (Wildman–Crippen LogP) is 4.71. The number of hydrogen-bond acceptors (Lipinski definition) is 8. The Bertz CT molecular complexity index is 1310. The van der Waals surface area contributed by atoms with Crippen LogP contribution in [-0.4, -0.2) is 52.6 Å². The number of carbonyl (C=O) groups is 2. The first-order valence-corrected chi connectivity index (χ1v) is 12.1. The minimum Gasteiger partial charge on any atom is -0.478 e. The molecule has 35 heavy (non-hydrogen) atoms. The quantitative estimate of drug-likeness (QED) is 0.363. The number of nitrogens with zero attached hydrogens (tertiary/aromatic N) is 2. The molecule has 5 rings (SSSR count). The van der Waals surface area contributed by atoms with E-state index >= 15 is 0 Å². The zero-order valence-corrected chi connectivity index (χ0v) is 20.1. The molecule has 3 aromatic rings. The van der Waals surface area contributed by atoms with Gasteiger partial charge in [-0.15, -0.1) is 0 Å². The number of carboxylic acids is 1. The van der Waals surface area contributed by atoms with E-state index in [1.54, 1.807) is 30.3 Å². The number of anilines is 2. The number of hydrazine groups is 1. The molecule has 1 aromatic heterocycles. The van der Waals surface area contributed by atoms with Crippen molar-refractivity contribution in [3.8, 4) is 11.3 Å². The summed E-state index contributed by atoms with van der Waals surface area (Å²) < 4.78 is 11.6. The normalized spacial score (nSPS) is 17.3. The van der Waals surface area contributed by atoms with Gasteiger partial charge in [0.15, 0.2) is 4.32 Å². The number of carboxylic acid groups (broad SMARTS) is 1. The van der Waals surface area contributed by atoms with Gasteiger partial charge in [0.2, 0.25) is 0 Å². The number of morpholine rings is 1. The van der Waals surface area contributed by atoms with E-state index in [4.69, 9.17) is 21.4 Å². The second-order valence-electron chi connectivity index (χ2n) is 7.83. The number of nitrogens with one attached hydrogen (secondary N) is 1. The van der Waals surface area contributed by atoms with E-state index in [0.717, 1.165) is 49.3 Å². The fourth-order valence-electron chi connectivity index (χ4n) is 3.82. The highest BCUT2D eigenvalue weighted by Crippen LogP contribution is 2.34. The largest absolute Gasteiger partial charge is 0.478 e. The lowest BCUT2D eigenvalue weighted by atomic mass is 10.1. The molecule has 0 saturated carbocycles. The molecule has 2 aliphatic heterocycles. The van der Waals surface area contributed by atoms with Crippen LogP contribution in [0.4, 0.5) is 11.4 Å². The van der Waals surface area contributed by atoms with E-state index in [0.29, 0.717) is 16.4 Å². The van der Waals surface area contributed by atoms with Gasteiger partial charge in [-0.05, 0) is 60.7 Å². The molecule has 2 saturated heterocycles. The van der Waals surface area contributed by atoms with Gasteiger partial charge in [-0.3, -0.25) is 10.2 Å². The Balaban J connectivity index is 1.30. The van der Waals surface area contributed by atoms with Crippen LogP contribution in [0.3, 0.4) is 0 Å². The molecule has 2 aromatic carbocycles. The van der Waals surface area contributed by atoms with E-state index in [2.05, 4.69) is 22.5 Å². The molecule has 0 spiro atoms. The van der Waals surface area contributed by atoms with Crippen molar-refractivity contribution in [1.82, 2.24) is 5.01 Å². The first kappa shape index (κ1) is 23.2. The van der Waals surface area contributed by atoms with Crippen LogP contribution in [0.5, 0.6) is 0 Å². The first-order chi connectivity index (χ1) is 17.0. The molecule has 0 unspecified atom stereocenters. The maximum atomic E-state index is 13.0. The van der Waals surface area contributed by atoms with Crippen molar-refractivity contribution in [2.45, 2.75) is 0 Å². The number of carbonyl (C=O) groups excluding carboxylic acids is 1. The monoisotopic (exact) mass is 507 g/mol. The molecule has 0 aliphatic carbocycles. The molecule has 0 atom stereocenters. The van der Waals surface area contributed by atoms with E-state index < -0.39 is 5.97 Å². The highest BCUT2D eigenvalue weighted by Gasteiger charge is 2.33. The van der Waals surface area contributed by atoms with E-state index in [-0.39, 0.29) is 21.5 Å². The third-order valence-corrected chi connectivity index (χ3v) is 6.91. The molecule has 178 valence electrons. The summed E-state index contributed by atoms with van der Waals surface area (Å²) in [4.78, 5) is 27.1. The number of benzene rings is 2. The third-order valence-electron chi connectivity index (χ3n) is 5.61. The van der Waals surface area contributed by atoms with Crippen LogP contribution < -0.4 is 10.3 Å². The molecule has 1 amide bonds. The summed E-state index contributed by atoms with van der Waals surface area (Å²) in [5.41, 5.74) is 5.22. The van der Waals surface area contributed by atoms with Crippen molar-refractivity contribution in [2.24, 2.45) is 0 Å². The van der Waals surface area contributed by atoms with E-state index in [1.807, 2.05) is 18.2 Å². The Hall–Kier alpha value is -3.60. The Morgan fingerprint density at radius 3 is 2.54 bits per heavy atom. The molecule has 8 nitrogen and oxygen atoms in total. The number of thioether (sulfide) groups is 1. The first-order valence-electron chi connectivity index (χ1n) is 10.9. The van der Waals surface area contributed by atoms with Crippen LogP contribution in [0.2, 0.25) is 0 Å². The van der Waals surface area contributed by atoms with Gasteiger partial charge in [0.25, 0.3) is 5.91 Å². The van der Waals surface area contributed by atoms with Gasteiger partial charge in [0, 0.05) is 30.4 Å². The van der Waals surface area contributed by atoms with Gasteiger partial charge in [0.05, 0.1) is 29.4 Å². The van der Waals surface area contributed by atoms with Crippen LogP contribution in [0, 0.1) is 0 Å². The number of aromatic carboxylic acids is 1. The second kappa shape index (κ2) is 9.95. The minimum atomic E-state index is -1.10. The van der Waals surface area contributed by atoms with Gasteiger partial charge in [-0.1, -0.05) is 23.9 Å². The Kier molecular flexibility index (Phi) is 6.58. The minimum absolute atomic E-state index is 0.0424. The molecule has 0 bridgehead atoms. The Morgan fingerprint density at radius 2 is 1.80 bits per heavy atom. The number of rotatable bonds is 6. The summed E-state index contributed by atoms with van der Waals surface area (Å²) in [5.74, 6) is -0.277. The zero-order valence-electron chi connectivity index (χ0n) is 18.5. The standard InChI is InChI=1S/C25H21N3O5S2/c29-23-22(35-25(34)28(23)26-20-4-2-1-3-19(20)24(30)31)15-18-9-10-21(33-18)16-5-7-17(8-6-16)27-11-13-32-14-12-27/h1-10,15,26H,11-14H2,(H,30,31). The van der Waals surface area contributed by atoms with Crippen molar-refractivity contribution < 1.29 is 23.8 Å². The zero-order chi connectivity index (χ0) is 24.4. The van der Waals surface area contributed by atoms with Crippen LogP contribution in [0.15, 0.2) is 70.0 Å². The molecule has 2 N–H and O–H groups in total. The number of furan rings is 1. The lowest BCUT2D eigenvalue weighted by molar-refractivity contribution is -0.121. The predicted molar refractivity (Wildman–Crippen MR) is 139 cm³/mol. The molecule has 3 heterocycles. The van der Waals surface area contributed by atoms with E-state index in [1.165, 1.54) is 11.1 Å². The summed E-state index contributed by atoms with van der Waals surface area (Å²) in [6.45, 7) is 3.21. The average Bonchev–Trinajstić information content (AvgIpc) is 3.45. The summed E-state index contributed by atoms with van der Waals surface area (Å²) in [7, 11) is 0. The highest BCUT2D eigenvalue weighted by atomic mass is 32.2. The van der Waals surface area contributed by atoms with Crippen molar-refractivity contribution in [3.05, 3.63) is 76.9 Å². The fourth-order valence-corrected chi connectivity index (χ4v) is 4.98. The lowest BCUT2D eigenvalue weighted by Gasteiger charge is -2.28. The molecule has 0 radical (unpaired) electrons. The number of hydrogen-bond donors (Lipinski definition) is 2. The SMILES string of the molecule is O=C(O)c1ccccc1NN1C(=O)C(=Cc2ccc(-c3ccc(N4CCOCC4)cc3)o2)SC1=S. The summed E-state index contributed by atoms with van der Waals surface area (Å²) >= 11 is 6.46. The van der Waals surface area contributed by atoms with Gasteiger partial charge in [0.1, 0.15) is 11.5 Å². The van der Waals surface area contributed by atoms with Gasteiger partial charge < -0.3 is 19.2 Å². The van der Waals surface area contributed by atoms with Crippen LogP contribution in [0.25, 0.3) is 17.4 Å². The van der Waals surface area contributed by atoms with Crippen molar-refractivity contribution >= 4 is 57.6 Å². The number of ether oxygens (including phenoxy) is 1. The van der Waals surface area contributed by atoms with Crippen LogP contribution >= 0.6 is 24.0 Å². The second-order valence-corrected chi connectivity index (χ2v) is 9.50. The van der Waals surface area contributed by atoms with E-state index in [9.17, 15) is 14.7 Å². The van der Waals surface area contributed by atoms with Gasteiger partial charge in [-0.25, -0.2) is 9.80 Å². The number of para-hydroxylation sites is 1. The number of thiocarbonyl (C=S) groups is 1. The van der Waals surface area contributed by atoms with Crippen molar-refractivity contribution in [3.63, 3.8) is 0 Å². The molecule has 10 heteroatoms. The Labute approximate surface area is 211 Å². The smallest absolute Gasteiger partial charge is 0.337 e. The maximum Gasteiger partial charge on any atom is 0.337 e. The fraction of sp³-hybridized carbons (Fsp3) is 0.160. The van der Waals surface area contributed by atoms with Gasteiger partial charge in [-0.2, -0.15) is 0 Å².